The molecule has 88 heavy (non-hydrogen) atoms. The van der Waals surface area contributed by atoms with Crippen LogP contribution in [0.3, 0.4) is 0 Å². The molecule has 414 valence electrons. The summed E-state index contributed by atoms with van der Waals surface area (Å²) < 4.78 is 7.35. The number of benzene rings is 10. The van der Waals surface area contributed by atoms with Gasteiger partial charge in [-0.2, -0.15) is 0 Å². The van der Waals surface area contributed by atoms with E-state index in [1.807, 2.05) is 78.5 Å². The highest BCUT2D eigenvalue weighted by Crippen LogP contribution is 2.45. The summed E-state index contributed by atoms with van der Waals surface area (Å²) in [6, 6.07) is 94.1. The molecule has 0 fully saturated rings. The van der Waals surface area contributed by atoms with Crippen LogP contribution in [0.5, 0.6) is 0 Å². The van der Waals surface area contributed by atoms with Crippen LogP contribution in [0.2, 0.25) is 0 Å². The topological polar surface area (TPSA) is 74.5 Å². The van der Waals surface area contributed by atoms with Crippen molar-refractivity contribution in [2.24, 2.45) is 5.73 Å². The lowest BCUT2D eigenvalue weighted by atomic mass is 9.94. The third-order valence-corrected chi connectivity index (χ3v) is 18.2. The molecule has 2 N–H and O–H groups in total. The summed E-state index contributed by atoms with van der Waals surface area (Å²) in [5.41, 5.74) is 30.1. The Morgan fingerprint density at radius 3 is 1.07 bits per heavy atom. The Hall–Kier alpha value is -11.5. The van der Waals surface area contributed by atoms with E-state index in [0.29, 0.717) is 5.70 Å². The number of pyridine rings is 3. The average Bonchev–Trinajstić information content (AvgIpc) is 1.71. The number of thiophene rings is 1. The molecule has 6 aromatic heterocycles. The number of hydrogen-bond donors (Lipinski definition) is 1. The van der Waals surface area contributed by atoms with Gasteiger partial charge in [0.25, 0.3) is 0 Å². The zero-order valence-electron chi connectivity index (χ0n) is 47.8. The van der Waals surface area contributed by atoms with Crippen molar-refractivity contribution in [3.8, 4) is 89.7 Å². The lowest BCUT2D eigenvalue weighted by Gasteiger charge is -2.12. The molecule has 0 amide bonds. The zero-order chi connectivity index (χ0) is 58.7. The normalized spacial score (nSPS) is 12.0. The molecule has 0 unspecified atom stereocenters. The van der Waals surface area contributed by atoms with Crippen LogP contribution in [0.1, 0.15) is 5.56 Å². The second-order valence-corrected chi connectivity index (χ2v) is 23.2. The minimum absolute atomic E-state index is 0.683. The summed E-state index contributed by atoms with van der Waals surface area (Å²) in [4.78, 5) is 14.4. The van der Waals surface area contributed by atoms with Crippen LogP contribution in [-0.4, -0.2) is 24.1 Å². The third kappa shape index (κ3) is 8.99. The number of fused-ring (bicyclic) bond motifs is 9. The molecule has 0 spiro atoms. The molecule has 7 heteroatoms. The van der Waals surface area contributed by atoms with Crippen molar-refractivity contribution in [1.82, 2.24) is 24.1 Å². The molecular formula is C81H54N6S. The summed E-state index contributed by atoms with van der Waals surface area (Å²) in [6.45, 7) is 3.85. The second-order valence-electron chi connectivity index (χ2n) is 22.1. The van der Waals surface area contributed by atoms with Crippen molar-refractivity contribution in [3.05, 3.63) is 316 Å². The predicted octanol–water partition coefficient (Wildman–Crippen LogP) is 21.1. The van der Waals surface area contributed by atoms with Crippen molar-refractivity contribution in [2.75, 3.05) is 0 Å². The summed E-state index contributed by atoms with van der Waals surface area (Å²) >= 11 is 1.84. The van der Waals surface area contributed by atoms with Crippen LogP contribution in [0, 0.1) is 0 Å². The van der Waals surface area contributed by atoms with Crippen LogP contribution < -0.4 is 5.73 Å². The first-order valence-electron chi connectivity index (χ1n) is 29.5. The van der Waals surface area contributed by atoms with Crippen LogP contribution in [0.25, 0.3) is 159 Å². The maximum absolute atomic E-state index is 6.82. The summed E-state index contributed by atoms with van der Waals surface area (Å²) in [7, 11) is 0. The Morgan fingerprint density at radius 1 is 0.341 bits per heavy atom. The minimum Gasteiger partial charge on any atom is -0.398 e. The van der Waals surface area contributed by atoms with E-state index in [9.17, 15) is 0 Å². The van der Waals surface area contributed by atoms with E-state index in [1.165, 1.54) is 30.9 Å². The molecule has 0 bridgehead atoms. The van der Waals surface area contributed by atoms with E-state index in [2.05, 4.69) is 246 Å². The van der Waals surface area contributed by atoms with Gasteiger partial charge in [-0.3, -0.25) is 15.0 Å². The minimum atomic E-state index is 0.683. The van der Waals surface area contributed by atoms with Crippen LogP contribution in [0.4, 0.5) is 0 Å². The molecule has 0 atom stereocenters. The molecule has 0 saturated carbocycles. The van der Waals surface area contributed by atoms with Gasteiger partial charge < -0.3 is 14.9 Å². The van der Waals surface area contributed by atoms with Gasteiger partial charge >= 0.3 is 0 Å². The largest absolute Gasteiger partial charge is 0.398 e. The first kappa shape index (κ1) is 52.1. The quantitative estimate of drug-likeness (QED) is 0.124. The van der Waals surface area contributed by atoms with Crippen LogP contribution >= 0.6 is 11.3 Å². The molecule has 0 aliphatic rings. The maximum atomic E-state index is 6.82. The Balaban J connectivity index is 0.877. The van der Waals surface area contributed by atoms with Gasteiger partial charge in [0.1, 0.15) is 0 Å². The molecule has 0 saturated heterocycles. The number of rotatable bonds is 12. The van der Waals surface area contributed by atoms with Gasteiger partial charge in [0, 0.05) is 99.6 Å². The molecule has 10 aromatic carbocycles. The fourth-order valence-corrected chi connectivity index (χ4v) is 14.1. The monoisotopic (exact) mass is 1140 g/mol. The highest BCUT2D eigenvalue weighted by Gasteiger charge is 2.22. The molecule has 16 aromatic rings. The predicted molar refractivity (Wildman–Crippen MR) is 371 cm³/mol. The smallest absolute Gasteiger partial charge is 0.0708 e. The van der Waals surface area contributed by atoms with E-state index in [4.69, 9.17) is 20.7 Å². The van der Waals surface area contributed by atoms with Gasteiger partial charge in [0.15, 0.2) is 0 Å². The number of hydrogen-bond acceptors (Lipinski definition) is 5. The molecular weight excluding hydrogens is 1090 g/mol. The third-order valence-electron chi connectivity index (χ3n) is 17.1. The molecule has 6 heterocycles. The van der Waals surface area contributed by atoms with E-state index in [0.717, 1.165) is 128 Å². The average molecular weight is 1140 g/mol. The van der Waals surface area contributed by atoms with Gasteiger partial charge in [0.2, 0.25) is 0 Å². The first-order chi connectivity index (χ1) is 43.5. The Labute approximate surface area is 513 Å². The van der Waals surface area contributed by atoms with Gasteiger partial charge in [-0.15, -0.1) is 11.3 Å². The molecule has 0 aliphatic carbocycles. The van der Waals surface area contributed by atoms with E-state index in [-0.39, 0.29) is 0 Å². The SMILES string of the molecule is C=C/C=C\C=C(/N)c1ccccc1-c1ccc2c(c1)c1cc(-c3ccccc3-c3ccccn3)ccc1n2-c1ccc2sc3ccc(-n4c5ccc(-c6ccccc6-c6ccccn6)cc5c5cc(-c6ccccc6-c6ccccn6)ccc54)cc3c2c1. The molecule has 16 rings (SSSR count). The Kier molecular flexibility index (Phi) is 12.9. The second kappa shape index (κ2) is 21.8. The van der Waals surface area contributed by atoms with Crippen molar-refractivity contribution in [3.63, 3.8) is 0 Å². The van der Waals surface area contributed by atoms with Gasteiger partial charge in [-0.05, 0) is 172 Å². The number of nitrogens with two attached hydrogens (primary N) is 1. The number of allylic oxidation sites excluding steroid dienone is 4. The lowest BCUT2D eigenvalue weighted by molar-refractivity contribution is 1.18. The Bertz CT molecular complexity index is 5340. The summed E-state index contributed by atoms with van der Waals surface area (Å²) in [6.07, 6.45) is 13.1. The van der Waals surface area contributed by atoms with Gasteiger partial charge in [-0.25, -0.2) is 0 Å². The highest BCUT2D eigenvalue weighted by atomic mass is 32.1. The fourth-order valence-electron chi connectivity index (χ4n) is 13.1. The first-order valence-corrected chi connectivity index (χ1v) is 30.4. The van der Waals surface area contributed by atoms with Crippen LogP contribution in [0.15, 0.2) is 310 Å². The fraction of sp³-hybridized carbons (Fsp3) is 0. The molecule has 0 radical (unpaired) electrons. The number of nitrogens with zero attached hydrogens (tertiary/aromatic N) is 5. The Morgan fingerprint density at radius 2 is 0.693 bits per heavy atom. The van der Waals surface area contributed by atoms with Crippen molar-refractivity contribution in [1.29, 1.82) is 0 Å². The summed E-state index contributed by atoms with van der Waals surface area (Å²) in [5, 5.41) is 7.04. The molecule has 0 aliphatic heterocycles. The molecule has 6 nitrogen and oxygen atoms in total. The van der Waals surface area contributed by atoms with Crippen molar-refractivity contribution >= 4 is 80.8 Å². The standard InChI is InChI=1S/C81H54N6S/c1-2-3-4-27-72(82)62-23-9-5-19-58(62)52-31-37-76-66(46-52)67-47-53(59-20-6-10-24-63(59)73-28-13-16-43-83-73)32-38-77(67)86(76)56-35-41-80-70(50-56)71-51-57(36-42-81(71)88-80)87-78-39-33-54(60-21-7-11-25-64(60)74-29-14-17-44-84-74)48-68(78)69-49-55(34-40-79(69)87)61-22-8-12-26-65(61)75-30-15-18-45-85-75/h2-51H,1,82H2/b4-3-,72-27-. The van der Waals surface area contributed by atoms with Crippen LogP contribution in [-0.2, 0) is 0 Å². The summed E-state index contributed by atoms with van der Waals surface area (Å²) in [5.74, 6) is 0. The van der Waals surface area contributed by atoms with Gasteiger partial charge in [0.05, 0.1) is 39.1 Å². The van der Waals surface area contributed by atoms with E-state index < -0.39 is 0 Å². The highest BCUT2D eigenvalue weighted by molar-refractivity contribution is 7.25. The number of aromatic nitrogens is 5. The van der Waals surface area contributed by atoms with Crippen molar-refractivity contribution < 1.29 is 0 Å². The maximum Gasteiger partial charge on any atom is 0.0708 e. The van der Waals surface area contributed by atoms with E-state index in [1.54, 1.807) is 6.08 Å². The lowest BCUT2D eigenvalue weighted by Crippen LogP contribution is -1.98. The van der Waals surface area contributed by atoms with Crippen molar-refractivity contribution in [2.45, 2.75) is 0 Å². The van der Waals surface area contributed by atoms with E-state index >= 15 is 0 Å². The zero-order valence-corrected chi connectivity index (χ0v) is 48.6. The van der Waals surface area contributed by atoms with Gasteiger partial charge in [-0.1, -0.05) is 164 Å².